The van der Waals surface area contributed by atoms with Crippen LogP contribution in [-0.4, -0.2) is 24.7 Å². The summed E-state index contributed by atoms with van der Waals surface area (Å²) in [6.07, 6.45) is 2.38. The van der Waals surface area contributed by atoms with E-state index in [0.717, 1.165) is 13.1 Å². The molecular formula is C18H30N2. The van der Waals surface area contributed by atoms with Crippen LogP contribution in [0.1, 0.15) is 58.9 Å². The maximum atomic E-state index is 3.79. The van der Waals surface area contributed by atoms with Crippen LogP contribution in [0.25, 0.3) is 0 Å². The summed E-state index contributed by atoms with van der Waals surface area (Å²) in [5.41, 5.74) is 3.18. The van der Waals surface area contributed by atoms with Gasteiger partial charge < -0.3 is 10.2 Å². The van der Waals surface area contributed by atoms with Crippen LogP contribution in [0.5, 0.6) is 0 Å². The molecule has 1 atom stereocenters. The first kappa shape index (κ1) is 15.4. The maximum absolute atomic E-state index is 3.79. The molecule has 0 bridgehead atoms. The number of benzene rings is 1. The Kier molecular flexibility index (Phi) is 4.74. The van der Waals surface area contributed by atoms with Crippen molar-refractivity contribution in [3.63, 3.8) is 0 Å². The summed E-state index contributed by atoms with van der Waals surface area (Å²) >= 11 is 0. The van der Waals surface area contributed by atoms with Gasteiger partial charge in [0.25, 0.3) is 0 Å². The molecule has 1 aromatic carbocycles. The highest BCUT2D eigenvalue weighted by Gasteiger charge is 2.35. The van der Waals surface area contributed by atoms with Crippen LogP contribution in [0, 0.1) is 0 Å². The molecule has 2 nitrogen and oxygen atoms in total. The van der Waals surface area contributed by atoms with Crippen LogP contribution in [0.2, 0.25) is 0 Å². The van der Waals surface area contributed by atoms with E-state index < -0.39 is 0 Å². The quantitative estimate of drug-likeness (QED) is 0.886. The van der Waals surface area contributed by atoms with Gasteiger partial charge in [0.1, 0.15) is 0 Å². The summed E-state index contributed by atoms with van der Waals surface area (Å²) in [7, 11) is 0. The molecule has 0 aromatic heterocycles. The number of piperazine rings is 1. The highest BCUT2D eigenvalue weighted by atomic mass is 15.3. The molecule has 0 spiro atoms. The maximum Gasteiger partial charge on any atom is 0.0404 e. The standard InChI is InChI=1S/C18H30N2/c1-6-18(7-2)13-20(15(5)12-19-18)17-11-9-8-10-16(17)14(3)4/h8-11,14-15,19H,6-7,12-13H2,1-5H3. The van der Waals surface area contributed by atoms with E-state index in [1.165, 1.54) is 24.1 Å². The van der Waals surface area contributed by atoms with Crippen molar-refractivity contribution in [1.29, 1.82) is 0 Å². The lowest BCUT2D eigenvalue weighted by Crippen LogP contribution is -2.63. The molecule has 1 unspecified atom stereocenters. The van der Waals surface area contributed by atoms with Crippen LogP contribution in [0.3, 0.4) is 0 Å². The molecule has 1 N–H and O–H groups in total. The average molecular weight is 274 g/mol. The molecule has 1 fully saturated rings. The lowest BCUT2D eigenvalue weighted by molar-refractivity contribution is 0.253. The number of rotatable bonds is 4. The molecule has 2 rings (SSSR count). The first-order valence-electron chi connectivity index (χ1n) is 8.13. The number of hydrogen-bond donors (Lipinski definition) is 1. The van der Waals surface area contributed by atoms with Gasteiger partial charge in [-0.15, -0.1) is 0 Å². The highest BCUT2D eigenvalue weighted by Crippen LogP contribution is 2.32. The van der Waals surface area contributed by atoms with Crippen molar-refractivity contribution in [3.8, 4) is 0 Å². The Hall–Kier alpha value is -1.02. The first-order chi connectivity index (χ1) is 9.53. The second-order valence-electron chi connectivity index (χ2n) is 6.56. The topological polar surface area (TPSA) is 15.3 Å². The van der Waals surface area contributed by atoms with Gasteiger partial charge in [-0.25, -0.2) is 0 Å². The summed E-state index contributed by atoms with van der Waals surface area (Å²) in [6.45, 7) is 13.7. The SMILES string of the molecule is CCC1(CC)CN(c2ccccc2C(C)C)C(C)CN1. The van der Waals surface area contributed by atoms with Crippen molar-refractivity contribution >= 4 is 5.69 Å². The fourth-order valence-corrected chi connectivity index (χ4v) is 3.30. The van der Waals surface area contributed by atoms with Crippen molar-refractivity contribution < 1.29 is 0 Å². The molecule has 1 aliphatic rings. The molecule has 2 heteroatoms. The zero-order chi connectivity index (χ0) is 14.8. The summed E-state index contributed by atoms with van der Waals surface area (Å²) in [5, 5.41) is 3.79. The largest absolute Gasteiger partial charge is 0.365 e. The van der Waals surface area contributed by atoms with Gasteiger partial charge in [-0.2, -0.15) is 0 Å². The van der Waals surface area contributed by atoms with Crippen molar-refractivity contribution in [1.82, 2.24) is 5.32 Å². The van der Waals surface area contributed by atoms with Crippen molar-refractivity contribution in [2.75, 3.05) is 18.0 Å². The van der Waals surface area contributed by atoms with Crippen LogP contribution in [0.4, 0.5) is 5.69 Å². The second kappa shape index (κ2) is 6.17. The van der Waals surface area contributed by atoms with E-state index in [1.807, 2.05) is 0 Å². The van der Waals surface area contributed by atoms with E-state index in [0.29, 0.717) is 12.0 Å². The lowest BCUT2D eigenvalue weighted by atomic mass is 9.87. The van der Waals surface area contributed by atoms with Gasteiger partial charge in [-0.3, -0.25) is 0 Å². The predicted molar refractivity (Wildman–Crippen MR) is 88.7 cm³/mol. The average Bonchev–Trinajstić information content (AvgIpc) is 2.48. The van der Waals surface area contributed by atoms with Crippen molar-refractivity contribution in [2.24, 2.45) is 0 Å². The molecule has 1 aromatic rings. The molecule has 0 saturated carbocycles. The number of hydrogen-bond acceptors (Lipinski definition) is 2. The van der Waals surface area contributed by atoms with Gasteiger partial charge in [0.2, 0.25) is 0 Å². The number of nitrogens with zero attached hydrogens (tertiary/aromatic N) is 1. The van der Waals surface area contributed by atoms with Crippen LogP contribution >= 0.6 is 0 Å². The molecule has 20 heavy (non-hydrogen) atoms. The Balaban J connectivity index is 2.35. The van der Waals surface area contributed by atoms with Crippen molar-refractivity contribution in [2.45, 2.75) is 65.0 Å². The smallest absolute Gasteiger partial charge is 0.0404 e. The molecule has 1 aliphatic heterocycles. The summed E-state index contributed by atoms with van der Waals surface area (Å²) in [4.78, 5) is 2.62. The zero-order valence-electron chi connectivity index (χ0n) is 13.7. The molecule has 1 saturated heterocycles. The lowest BCUT2D eigenvalue weighted by Gasteiger charge is -2.48. The van der Waals surface area contributed by atoms with Gasteiger partial charge in [0.15, 0.2) is 0 Å². The third-order valence-corrected chi connectivity index (χ3v) is 5.00. The number of nitrogens with one attached hydrogen (secondary N) is 1. The summed E-state index contributed by atoms with van der Waals surface area (Å²) < 4.78 is 0. The van der Waals surface area contributed by atoms with E-state index in [2.05, 4.69) is 69.1 Å². The van der Waals surface area contributed by atoms with Gasteiger partial charge in [-0.1, -0.05) is 45.9 Å². The highest BCUT2D eigenvalue weighted by molar-refractivity contribution is 5.56. The Morgan fingerprint density at radius 3 is 2.50 bits per heavy atom. The van der Waals surface area contributed by atoms with Gasteiger partial charge in [-0.05, 0) is 37.3 Å². The van der Waals surface area contributed by atoms with E-state index in [4.69, 9.17) is 0 Å². The van der Waals surface area contributed by atoms with Gasteiger partial charge >= 0.3 is 0 Å². The molecule has 1 heterocycles. The first-order valence-corrected chi connectivity index (χ1v) is 8.13. The third kappa shape index (κ3) is 2.85. The number of para-hydroxylation sites is 1. The Bertz CT molecular complexity index is 435. The van der Waals surface area contributed by atoms with Crippen LogP contribution in [-0.2, 0) is 0 Å². The minimum Gasteiger partial charge on any atom is -0.365 e. The molecule has 112 valence electrons. The number of anilines is 1. The Labute approximate surface area is 124 Å². The third-order valence-electron chi connectivity index (χ3n) is 5.00. The van der Waals surface area contributed by atoms with E-state index >= 15 is 0 Å². The fourth-order valence-electron chi connectivity index (χ4n) is 3.30. The van der Waals surface area contributed by atoms with Crippen LogP contribution in [0.15, 0.2) is 24.3 Å². The van der Waals surface area contributed by atoms with Crippen LogP contribution < -0.4 is 10.2 Å². The van der Waals surface area contributed by atoms with Gasteiger partial charge in [0, 0.05) is 30.4 Å². The molecule has 0 radical (unpaired) electrons. The van der Waals surface area contributed by atoms with E-state index in [9.17, 15) is 0 Å². The summed E-state index contributed by atoms with van der Waals surface area (Å²) in [5.74, 6) is 0.575. The Morgan fingerprint density at radius 1 is 1.25 bits per heavy atom. The minimum absolute atomic E-state index is 0.274. The second-order valence-corrected chi connectivity index (χ2v) is 6.56. The fraction of sp³-hybridized carbons (Fsp3) is 0.667. The normalized spacial score (nSPS) is 22.3. The zero-order valence-corrected chi connectivity index (χ0v) is 13.7. The predicted octanol–water partition coefficient (Wildman–Crippen LogP) is 4.17. The van der Waals surface area contributed by atoms with Crippen molar-refractivity contribution in [3.05, 3.63) is 29.8 Å². The Morgan fingerprint density at radius 2 is 1.90 bits per heavy atom. The monoisotopic (exact) mass is 274 g/mol. The molecular weight excluding hydrogens is 244 g/mol. The molecule has 0 aliphatic carbocycles. The van der Waals surface area contributed by atoms with E-state index in [-0.39, 0.29) is 5.54 Å². The van der Waals surface area contributed by atoms with Gasteiger partial charge in [0.05, 0.1) is 0 Å². The minimum atomic E-state index is 0.274. The molecule has 0 amide bonds. The summed E-state index contributed by atoms with van der Waals surface area (Å²) in [6, 6.07) is 9.48. The van der Waals surface area contributed by atoms with E-state index in [1.54, 1.807) is 0 Å².